The predicted molar refractivity (Wildman–Crippen MR) is 82.5 cm³/mol. The molecule has 0 aliphatic carbocycles. The minimum absolute atomic E-state index is 0.0590. The first-order chi connectivity index (χ1) is 10.3. The molecule has 2 N–H and O–H groups in total. The van der Waals surface area contributed by atoms with Gasteiger partial charge >= 0.3 is 0 Å². The molecule has 2 aromatic rings. The molecule has 110 valence electrons. The monoisotopic (exact) mass is 284 g/mol. The molecule has 1 aromatic heterocycles. The van der Waals surface area contributed by atoms with Crippen molar-refractivity contribution in [3.05, 3.63) is 42.7 Å². The number of rotatable bonds is 3. The van der Waals surface area contributed by atoms with Crippen LogP contribution in [0.5, 0.6) is 0 Å². The number of amides is 1. The van der Waals surface area contributed by atoms with Gasteiger partial charge in [0.05, 0.1) is 11.7 Å². The van der Waals surface area contributed by atoms with E-state index < -0.39 is 0 Å². The van der Waals surface area contributed by atoms with Crippen LogP contribution in [0.2, 0.25) is 0 Å². The van der Waals surface area contributed by atoms with Gasteiger partial charge in [-0.3, -0.25) is 4.79 Å². The molecule has 1 aromatic carbocycles. The Morgan fingerprint density at radius 2 is 2.10 bits per heavy atom. The van der Waals surface area contributed by atoms with Crippen molar-refractivity contribution >= 4 is 11.6 Å². The number of carbonyl (C=O) groups excluding carboxylic acids is 1. The van der Waals surface area contributed by atoms with Crippen LogP contribution in [0.25, 0.3) is 5.69 Å². The molecule has 1 fully saturated rings. The van der Waals surface area contributed by atoms with E-state index in [-0.39, 0.29) is 11.9 Å². The van der Waals surface area contributed by atoms with E-state index in [0.717, 1.165) is 37.2 Å². The van der Waals surface area contributed by atoms with Crippen LogP contribution in [0.4, 0.5) is 5.69 Å². The van der Waals surface area contributed by atoms with Crippen LogP contribution >= 0.6 is 0 Å². The Bertz CT molecular complexity index is 569. The van der Waals surface area contributed by atoms with Gasteiger partial charge in [-0.2, -0.15) is 5.10 Å². The summed E-state index contributed by atoms with van der Waals surface area (Å²) >= 11 is 0. The molecule has 1 aliphatic heterocycles. The zero-order valence-electron chi connectivity index (χ0n) is 12.0. The topological polar surface area (TPSA) is 59.0 Å². The lowest BCUT2D eigenvalue weighted by Crippen LogP contribution is -2.39. The highest BCUT2D eigenvalue weighted by Crippen LogP contribution is 2.14. The van der Waals surface area contributed by atoms with Gasteiger partial charge in [-0.05, 0) is 49.7 Å². The van der Waals surface area contributed by atoms with Crippen LogP contribution in [0.3, 0.4) is 0 Å². The first-order valence-corrected chi connectivity index (χ1v) is 7.47. The van der Waals surface area contributed by atoms with E-state index in [1.807, 2.05) is 36.5 Å². The molecule has 0 saturated carbocycles. The minimum atomic E-state index is -0.0710. The summed E-state index contributed by atoms with van der Waals surface area (Å²) in [4.78, 5) is 12.2. The summed E-state index contributed by atoms with van der Waals surface area (Å²) < 4.78 is 1.79. The van der Waals surface area contributed by atoms with Gasteiger partial charge < -0.3 is 10.6 Å². The average Bonchev–Trinajstić information content (AvgIpc) is 2.90. The molecule has 0 radical (unpaired) electrons. The molecule has 21 heavy (non-hydrogen) atoms. The Balaban J connectivity index is 1.63. The maximum absolute atomic E-state index is 12.2. The first kappa shape index (κ1) is 13.8. The SMILES string of the molecule is O=C(Nc1ccc(-n2cccn2)cc1)C1CCCCCN1. The molecule has 1 aliphatic rings. The number of anilines is 1. The summed E-state index contributed by atoms with van der Waals surface area (Å²) in [7, 11) is 0. The third-order valence-corrected chi connectivity index (χ3v) is 3.78. The summed E-state index contributed by atoms with van der Waals surface area (Å²) in [6.07, 6.45) is 8.02. The molecule has 0 bridgehead atoms. The molecule has 2 heterocycles. The zero-order valence-corrected chi connectivity index (χ0v) is 12.0. The van der Waals surface area contributed by atoms with E-state index in [9.17, 15) is 4.79 Å². The fourth-order valence-corrected chi connectivity index (χ4v) is 2.60. The van der Waals surface area contributed by atoms with Gasteiger partial charge in [0.1, 0.15) is 0 Å². The van der Waals surface area contributed by atoms with Gasteiger partial charge in [0.2, 0.25) is 5.91 Å². The van der Waals surface area contributed by atoms with Crippen LogP contribution < -0.4 is 10.6 Å². The van der Waals surface area contributed by atoms with E-state index in [0.29, 0.717) is 0 Å². The number of hydrogen-bond donors (Lipinski definition) is 2. The van der Waals surface area contributed by atoms with Crippen molar-refractivity contribution < 1.29 is 4.79 Å². The van der Waals surface area contributed by atoms with Crippen LogP contribution in [-0.4, -0.2) is 28.3 Å². The quantitative estimate of drug-likeness (QED) is 0.909. The van der Waals surface area contributed by atoms with E-state index in [4.69, 9.17) is 0 Å². The molecule has 1 amide bonds. The van der Waals surface area contributed by atoms with Crippen molar-refractivity contribution in [3.63, 3.8) is 0 Å². The highest BCUT2D eigenvalue weighted by atomic mass is 16.2. The standard InChI is InChI=1S/C16H20N4O/c21-16(15-5-2-1-3-10-17-15)19-13-6-8-14(9-7-13)20-12-4-11-18-20/h4,6-9,11-12,15,17H,1-3,5,10H2,(H,19,21). The maximum Gasteiger partial charge on any atom is 0.241 e. The van der Waals surface area contributed by atoms with Crippen molar-refractivity contribution in [2.24, 2.45) is 0 Å². The average molecular weight is 284 g/mol. The Morgan fingerprint density at radius 3 is 2.86 bits per heavy atom. The smallest absolute Gasteiger partial charge is 0.241 e. The maximum atomic E-state index is 12.2. The second kappa shape index (κ2) is 6.54. The fraction of sp³-hybridized carbons (Fsp3) is 0.375. The predicted octanol–water partition coefficient (Wildman–Crippen LogP) is 2.34. The van der Waals surface area contributed by atoms with E-state index >= 15 is 0 Å². The Kier molecular flexibility index (Phi) is 4.31. The first-order valence-electron chi connectivity index (χ1n) is 7.47. The molecule has 1 unspecified atom stereocenters. The largest absolute Gasteiger partial charge is 0.325 e. The van der Waals surface area contributed by atoms with Crippen LogP contribution in [0.15, 0.2) is 42.7 Å². The van der Waals surface area contributed by atoms with E-state index in [1.165, 1.54) is 6.42 Å². The number of hydrogen-bond acceptors (Lipinski definition) is 3. The zero-order chi connectivity index (χ0) is 14.5. The molecule has 5 heteroatoms. The molecule has 1 saturated heterocycles. The van der Waals surface area contributed by atoms with Gasteiger partial charge in [-0.15, -0.1) is 0 Å². The lowest BCUT2D eigenvalue weighted by molar-refractivity contribution is -0.118. The van der Waals surface area contributed by atoms with Crippen molar-refractivity contribution in [2.75, 3.05) is 11.9 Å². The lowest BCUT2D eigenvalue weighted by Gasteiger charge is -2.15. The highest BCUT2D eigenvalue weighted by Gasteiger charge is 2.19. The molecular weight excluding hydrogens is 264 g/mol. The van der Waals surface area contributed by atoms with Gasteiger partial charge in [0, 0.05) is 18.1 Å². The normalized spacial score (nSPS) is 19.0. The molecule has 0 spiro atoms. The summed E-state index contributed by atoms with van der Waals surface area (Å²) in [6.45, 7) is 0.927. The minimum Gasteiger partial charge on any atom is -0.325 e. The number of benzene rings is 1. The fourth-order valence-electron chi connectivity index (χ4n) is 2.60. The Morgan fingerprint density at radius 1 is 1.24 bits per heavy atom. The second-order valence-corrected chi connectivity index (χ2v) is 5.34. The number of nitrogens with one attached hydrogen (secondary N) is 2. The van der Waals surface area contributed by atoms with Crippen molar-refractivity contribution in [3.8, 4) is 5.69 Å². The Labute approximate surface area is 124 Å². The molecule has 5 nitrogen and oxygen atoms in total. The van der Waals surface area contributed by atoms with Crippen LogP contribution in [-0.2, 0) is 4.79 Å². The summed E-state index contributed by atoms with van der Waals surface area (Å²) in [5.74, 6) is 0.0590. The molecule has 1 atom stereocenters. The molecule has 3 rings (SSSR count). The summed E-state index contributed by atoms with van der Waals surface area (Å²) in [5, 5.41) is 10.5. The number of nitrogens with zero attached hydrogens (tertiary/aromatic N) is 2. The Hall–Kier alpha value is -2.14. The summed E-state index contributed by atoms with van der Waals surface area (Å²) in [5.41, 5.74) is 1.80. The van der Waals surface area contributed by atoms with Crippen LogP contribution in [0, 0.1) is 0 Å². The van der Waals surface area contributed by atoms with Crippen molar-refractivity contribution in [2.45, 2.75) is 31.7 Å². The van der Waals surface area contributed by atoms with Gasteiger partial charge in [0.15, 0.2) is 0 Å². The third kappa shape index (κ3) is 3.49. The van der Waals surface area contributed by atoms with Gasteiger partial charge in [-0.1, -0.05) is 12.8 Å². The van der Waals surface area contributed by atoms with Crippen molar-refractivity contribution in [1.29, 1.82) is 0 Å². The number of aromatic nitrogens is 2. The van der Waals surface area contributed by atoms with Gasteiger partial charge in [-0.25, -0.2) is 4.68 Å². The van der Waals surface area contributed by atoms with Crippen molar-refractivity contribution in [1.82, 2.24) is 15.1 Å². The highest BCUT2D eigenvalue weighted by molar-refractivity contribution is 5.94. The van der Waals surface area contributed by atoms with E-state index in [2.05, 4.69) is 15.7 Å². The number of carbonyl (C=O) groups is 1. The lowest BCUT2D eigenvalue weighted by atomic mass is 10.1. The third-order valence-electron chi connectivity index (χ3n) is 3.78. The van der Waals surface area contributed by atoms with Crippen LogP contribution in [0.1, 0.15) is 25.7 Å². The van der Waals surface area contributed by atoms with E-state index in [1.54, 1.807) is 10.9 Å². The van der Waals surface area contributed by atoms with Gasteiger partial charge in [0.25, 0.3) is 0 Å². The second-order valence-electron chi connectivity index (χ2n) is 5.34. The molecular formula is C16H20N4O. The summed E-state index contributed by atoms with van der Waals surface area (Å²) in [6, 6.07) is 9.52.